The van der Waals surface area contributed by atoms with E-state index in [1.54, 1.807) is 11.8 Å². The minimum atomic E-state index is 0.126. The first kappa shape index (κ1) is 15.4. The van der Waals surface area contributed by atoms with E-state index < -0.39 is 0 Å². The van der Waals surface area contributed by atoms with Crippen molar-refractivity contribution in [3.05, 3.63) is 29.8 Å². The number of carbonyl (C=O) groups is 1. The minimum absolute atomic E-state index is 0.126. The Morgan fingerprint density at radius 3 is 3.05 bits per heavy atom. The van der Waals surface area contributed by atoms with E-state index in [0.29, 0.717) is 11.7 Å². The number of ether oxygens (including phenoxy) is 1. The number of benzene rings is 1. The molecule has 3 nitrogen and oxygen atoms in total. The standard InChI is InChI=1S/C16H23NO2S/c1-13-5-2-3-7-15(13)20-12-16(18)17-9-4-6-14-8-10-19-11-14/h2-3,5,7,14H,4,6,8-12H2,1H3,(H,17,18)/t14-/m1/s1. The molecule has 0 aliphatic carbocycles. The Labute approximate surface area is 125 Å². The molecule has 1 aliphatic heterocycles. The largest absolute Gasteiger partial charge is 0.381 e. The van der Waals surface area contributed by atoms with Crippen molar-refractivity contribution in [1.82, 2.24) is 5.32 Å². The molecule has 0 spiro atoms. The van der Waals surface area contributed by atoms with Gasteiger partial charge in [0.2, 0.25) is 5.91 Å². The Kier molecular flexibility index (Phi) is 6.40. The van der Waals surface area contributed by atoms with Gasteiger partial charge in [0.15, 0.2) is 0 Å². The topological polar surface area (TPSA) is 38.3 Å². The second-order valence-electron chi connectivity index (χ2n) is 5.28. The zero-order valence-corrected chi connectivity index (χ0v) is 12.9. The molecule has 0 radical (unpaired) electrons. The summed E-state index contributed by atoms with van der Waals surface area (Å²) >= 11 is 1.61. The molecule has 1 aromatic rings. The van der Waals surface area contributed by atoms with E-state index in [1.807, 2.05) is 12.1 Å². The quantitative estimate of drug-likeness (QED) is 0.620. The number of hydrogen-bond acceptors (Lipinski definition) is 3. The van der Waals surface area contributed by atoms with Crippen molar-refractivity contribution in [2.75, 3.05) is 25.5 Å². The van der Waals surface area contributed by atoms with Gasteiger partial charge in [-0.3, -0.25) is 4.79 Å². The summed E-state index contributed by atoms with van der Waals surface area (Å²) in [7, 11) is 0. The third-order valence-corrected chi connectivity index (χ3v) is 4.76. The average molecular weight is 293 g/mol. The lowest BCUT2D eigenvalue weighted by Gasteiger charge is -2.09. The maximum Gasteiger partial charge on any atom is 0.230 e. The fourth-order valence-corrected chi connectivity index (χ4v) is 3.20. The van der Waals surface area contributed by atoms with Gasteiger partial charge in [-0.2, -0.15) is 0 Å². The summed E-state index contributed by atoms with van der Waals surface area (Å²) in [6.45, 7) is 4.66. The van der Waals surface area contributed by atoms with Gasteiger partial charge in [0, 0.05) is 24.7 Å². The Bertz CT molecular complexity index is 430. The molecule has 0 aromatic heterocycles. The van der Waals surface area contributed by atoms with Crippen molar-refractivity contribution in [1.29, 1.82) is 0 Å². The molecule has 1 N–H and O–H groups in total. The molecular weight excluding hydrogens is 270 g/mol. The lowest BCUT2D eigenvalue weighted by molar-refractivity contribution is -0.118. The van der Waals surface area contributed by atoms with Crippen LogP contribution >= 0.6 is 11.8 Å². The predicted molar refractivity (Wildman–Crippen MR) is 83.1 cm³/mol. The monoisotopic (exact) mass is 293 g/mol. The average Bonchev–Trinajstić information content (AvgIpc) is 2.96. The highest BCUT2D eigenvalue weighted by molar-refractivity contribution is 8.00. The summed E-state index contributed by atoms with van der Waals surface area (Å²) in [5.41, 5.74) is 1.23. The van der Waals surface area contributed by atoms with Crippen molar-refractivity contribution >= 4 is 17.7 Å². The summed E-state index contributed by atoms with van der Waals surface area (Å²) in [5.74, 6) is 1.33. The molecule has 1 aliphatic rings. The van der Waals surface area contributed by atoms with Crippen LogP contribution in [0.5, 0.6) is 0 Å². The zero-order valence-electron chi connectivity index (χ0n) is 12.1. The Morgan fingerprint density at radius 2 is 2.30 bits per heavy atom. The minimum Gasteiger partial charge on any atom is -0.381 e. The Morgan fingerprint density at radius 1 is 1.45 bits per heavy atom. The van der Waals surface area contributed by atoms with Gasteiger partial charge in [-0.15, -0.1) is 11.8 Å². The lowest BCUT2D eigenvalue weighted by atomic mass is 10.0. The van der Waals surface area contributed by atoms with Crippen molar-refractivity contribution in [2.45, 2.75) is 31.1 Å². The maximum absolute atomic E-state index is 11.8. The van der Waals surface area contributed by atoms with Gasteiger partial charge in [-0.1, -0.05) is 18.2 Å². The fraction of sp³-hybridized carbons (Fsp3) is 0.562. The van der Waals surface area contributed by atoms with Crippen molar-refractivity contribution < 1.29 is 9.53 Å². The normalized spacial score (nSPS) is 18.1. The summed E-state index contributed by atoms with van der Waals surface area (Å²) in [4.78, 5) is 13.0. The fourth-order valence-electron chi connectivity index (χ4n) is 2.34. The number of nitrogens with one attached hydrogen (secondary N) is 1. The molecule has 4 heteroatoms. The van der Waals surface area contributed by atoms with Crippen molar-refractivity contribution in [2.24, 2.45) is 5.92 Å². The van der Waals surface area contributed by atoms with Crippen LogP contribution < -0.4 is 5.32 Å². The van der Waals surface area contributed by atoms with E-state index in [-0.39, 0.29) is 5.91 Å². The number of carbonyl (C=O) groups excluding carboxylic acids is 1. The molecule has 1 heterocycles. The van der Waals surface area contributed by atoms with Gasteiger partial charge in [-0.25, -0.2) is 0 Å². The van der Waals surface area contributed by atoms with E-state index >= 15 is 0 Å². The third-order valence-electron chi connectivity index (χ3n) is 3.59. The van der Waals surface area contributed by atoms with Crippen molar-refractivity contribution in [3.8, 4) is 0 Å². The first-order chi connectivity index (χ1) is 9.75. The smallest absolute Gasteiger partial charge is 0.230 e. The first-order valence-corrected chi connectivity index (χ1v) is 8.27. The maximum atomic E-state index is 11.8. The van der Waals surface area contributed by atoms with Crippen LogP contribution in [0.2, 0.25) is 0 Å². The van der Waals surface area contributed by atoms with Gasteiger partial charge in [0.1, 0.15) is 0 Å². The highest BCUT2D eigenvalue weighted by Crippen LogP contribution is 2.21. The molecular formula is C16H23NO2S. The molecule has 1 atom stereocenters. The van der Waals surface area contributed by atoms with Gasteiger partial charge in [0.05, 0.1) is 5.75 Å². The van der Waals surface area contributed by atoms with Gasteiger partial charge in [0.25, 0.3) is 0 Å². The number of thioether (sulfide) groups is 1. The van der Waals surface area contributed by atoms with Crippen LogP contribution in [0.3, 0.4) is 0 Å². The van der Waals surface area contributed by atoms with Crippen LogP contribution in [0.15, 0.2) is 29.2 Å². The molecule has 1 fully saturated rings. The number of rotatable bonds is 7. The van der Waals surface area contributed by atoms with Crippen LogP contribution in [0, 0.1) is 12.8 Å². The second kappa shape index (κ2) is 8.32. The molecule has 0 bridgehead atoms. The van der Waals surface area contributed by atoms with Gasteiger partial charge < -0.3 is 10.1 Å². The molecule has 20 heavy (non-hydrogen) atoms. The first-order valence-electron chi connectivity index (χ1n) is 7.28. The third kappa shape index (κ3) is 5.17. The molecule has 1 aromatic carbocycles. The van der Waals surface area contributed by atoms with Crippen LogP contribution in [-0.2, 0) is 9.53 Å². The molecule has 1 amide bonds. The summed E-state index contributed by atoms with van der Waals surface area (Å²) in [6, 6.07) is 8.17. The molecule has 1 saturated heterocycles. The second-order valence-corrected chi connectivity index (χ2v) is 6.29. The number of aryl methyl sites for hydroxylation is 1. The Hall–Kier alpha value is -1.00. The van der Waals surface area contributed by atoms with E-state index in [0.717, 1.165) is 32.6 Å². The zero-order chi connectivity index (χ0) is 14.2. The summed E-state index contributed by atoms with van der Waals surface area (Å²) in [5, 5.41) is 3.00. The van der Waals surface area contributed by atoms with E-state index in [1.165, 1.54) is 16.9 Å². The van der Waals surface area contributed by atoms with Crippen LogP contribution in [0.4, 0.5) is 0 Å². The van der Waals surface area contributed by atoms with Crippen LogP contribution in [0.1, 0.15) is 24.8 Å². The number of amides is 1. The SMILES string of the molecule is Cc1ccccc1SCC(=O)NCCC[C@@H]1CCOC1. The number of hydrogen-bond donors (Lipinski definition) is 1. The predicted octanol–water partition coefficient (Wildman–Crippen LogP) is 3.02. The molecule has 0 unspecified atom stereocenters. The molecule has 110 valence electrons. The lowest BCUT2D eigenvalue weighted by Crippen LogP contribution is -2.26. The van der Waals surface area contributed by atoms with Crippen LogP contribution in [0.25, 0.3) is 0 Å². The summed E-state index contributed by atoms with van der Waals surface area (Å²) < 4.78 is 5.34. The van der Waals surface area contributed by atoms with Crippen molar-refractivity contribution in [3.63, 3.8) is 0 Å². The Balaban J connectivity index is 1.57. The molecule has 0 saturated carbocycles. The van der Waals surface area contributed by atoms with Gasteiger partial charge >= 0.3 is 0 Å². The van der Waals surface area contributed by atoms with E-state index in [9.17, 15) is 4.79 Å². The highest BCUT2D eigenvalue weighted by Gasteiger charge is 2.14. The van der Waals surface area contributed by atoms with E-state index in [4.69, 9.17) is 4.74 Å². The van der Waals surface area contributed by atoms with Crippen LogP contribution in [-0.4, -0.2) is 31.4 Å². The van der Waals surface area contributed by atoms with Gasteiger partial charge in [-0.05, 0) is 43.7 Å². The highest BCUT2D eigenvalue weighted by atomic mass is 32.2. The summed E-state index contributed by atoms with van der Waals surface area (Å²) in [6.07, 6.45) is 3.39. The molecule has 2 rings (SSSR count). The van der Waals surface area contributed by atoms with E-state index in [2.05, 4.69) is 24.4 Å².